The van der Waals surface area contributed by atoms with Crippen molar-refractivity contribution in [1.29, 1.82) is 0 Å². The normalized spacial score (nSPS) is 12.2. The molecule has 0 radical (unpaired) electrons. The highest BCUT2D eigenvalue weighted by molar-refractivity contribution is 7.18. The van der Waals surface area contributed by atoms with Crippen LogP contribution < -0.4 is 10.6 Å². The van der Waals surface area contributed by atoms with E-state index in [1.54, 1.807) is 32.2 Å². The molecule has 7 heteroatoms. The number of nitrogens with zero attached hydrogens (tertiary/aromatic N) is 2. The van der Waals surface area contributed by atoms with Gasteiger partial charge in [-0.2, -0.15) is 4.98 Å². The first-order chi connectivity index (χ1) is 10.1. The Bertz CT molecular complexity index is 641. The molecule has 114 valence electrons. The molecule has 0 aliphatic carbocycles. The lowest BCUT2D eigenvalue weighted by Crippen LogP contribution is -2.28. The number of nitrogens with one attached hydrogen (secondary N) is 2. The summed E-state index contributed by atoms with van der Waals surface area (Å²) in [5.41, 5.74) is 0. The Kier molecular flexibility index (Phi) is 4.95. The van der Waals surface area contributed by atoms with Crippen LogP contribution in [-0.2, 0) is 16.0 Å². The zero-order chi connectivity index (χ0) is 15.4. The van der Waals surface area contributed by atoms with Gasteiger partial charge in [0.2, 0.25) is 5.95 Å². The van der Waals surface area contributed by atoms with Crippen molar-refractivity contribution in [2.75, 3.05) is 24.3 Å². The molecule has 2 heterocycles. The Balaban J connectivity index is 2.36. The summed E-state index contributed by atoms with van der Waals surface area (Å²) in [6, 6.07) is 1.61. The highest BCUT2D eigenvalue weighted by atomic mass is 32.1. The molecule has 6 nitrogen and oxygen atoms in total. The van der Waals surface area contributed by atoms with E-state index in [-0.39, 0.29) is 5.97 Å². The van der Waals surface area contributed by atoms with Crippen LogP contribution in [0.4, 0.5) is 11.8 Å². The summed E-state index contributed by atoms with van der Waals surface area (Å²) in [5, 5.41) is 7.00. The largest absolute Gasteiger partial charge is 0.464 e. The Labute approximate surface area is 127 Å². The molecule has 1 unspecified atom stereocenters. The molecule has 2 N–H and O–H groups in total. The van der Waals surface area contributed by atoms with E-state index in [4.69, 9.17) is 4.74 Å². The zero-order valence-corrected chi connectivity index (χ0v) is 13.5. The third kappa shape index (κ3) is 3.41. The minimum atomic E-state index is -0.460. The fourth-order valence-electron chi connectivity index (χ4n) is 1.90. The van der Waals surface area contributed by atoms with Gasteiger partial charge in [0.05, 0.1) is 12.0 Å². The van der Waals surface area contributed by atoms with Crippen LogP contribution in [0.2, 0.25) is 0 Å². The molecule has 2 aromatic rings. The molecular formula is C14H20N4O2S. The highest BCUT2D eigenvalue weighted by Crippen LogP contribution is 2.30. The maximum absolute atomic E-state index is 11.8. The lowest BCUT2D eigenvalue weighted by molar-refractivity contribution is -0.143. The summed E-state index contributed by atoms with van der Waals surface area (Å²) in [6.07, 6.45) is 0.947. The minimum absolute atomic E-state index is 0.291. The van der Waals surface area contributed by atoms with Gasteiger partial charge in [-0.05, 0) is 26.3 Å². The Hall–Kier alpha value is -1.89. The first-order valence-electron chi connectivity index (χ1n) is 7.00. The number of aromatic nitrogens is 2. The maximum atomic E-state index is 11.8. The number of thiophene rings is 1. The average molecular weight is 308 g/mol. The van der Waals surface area contributed by atoms with Gasteiger partial charge in [-0.15, -0.1) is 11.3 Å². The van der Waals surface area contributed by atoms with Crippen LogP contribution in [0.1, 0.15) is 25.6 Å². The van der Waals surface area contributed by atoms with Crippen molar-refractivity contribution in [3.63, 3.8) is 0 Å². The van der Waals surface area contributed by atoms with Crippen molar-refractivity contribution in [2.24, 2.45) is 0 Å². The Morgan fingerprint density at radius 1 is 1.43 bits per heavy atom. The summed E-state index contributed by atoms with van der Waals surface area (Å²) >= 11 is 1.64. The van der Waals surface area contributed by atoms with Crippen LogP contribution in [0, 0.1) is 0 Å². The Morgan fingerprint density at radius 3 is 2.81 bits per heavy atom. The van der Waals surface area contributed by atoms with Gasteiger partial charge in [0, 0.05) is 11.9 Å². The van der Waals surface area contributed by atoms with E-state index in [0.29, 0.717) is 18.4 Å². The molecule has 0 saturated carbocycles. The fourth-order valence-corrected chi connectivity index (χ4v) is 2.87. The second-order valence-corrected chi connectivity index (χ2v) is 5.66. The fraction of sp³-hybridized carbons (Fsp3) is 0.500. The SMILES string of the molecule is CCOC(=O)C(C)Nc1nc(NC)nc2sc(CC)cc12. The first kappa shape index (κ1) is 15.5. The van der Waals surface area contributed by atoms with Crippen LogP contribution >= 0.6 is 11.3 Å². The second kappa shape index (κ2) is 6.71. The van der Waals surface area contributed by atoms with Crippen molar-refractivity contribution in [1.82, 2.24) is 9.97 Å². The number of fused-ring (bicyclic) bond motifs is 1. The van der Waals surface area contributed by atoms with Gasteiger partial charge in [-0.3, -0.25) is 0 Å². The average Bonchev–Trinajstić information content (AvgIpc) is 2.90. The van der Waals surface area contributed by atoms with Crippen LogP contribution in [0.15, 0.2) is 6.07 Å². The van der Waals surface area contributed by atoms with E-state index in [0.717, 1.165) is 16.6 Å². The van der Waals surface area contributed by atoms with Gasteiger partial charge in [-0.1, -0.05) is 6.92 Å². The zero-order valence-electron chi connectivity index (χ0n) is 12.7. The number of carbonyl (C=O) groups excluding carboxylic acids is 1. The van der Waals surface area contributed by atoms with Crippen molar-refractivity contribution < 1.29 is 9.53 Å². The molecule has 2 rings (SSSR count). The number of ether oxygens (including phenoxy) is 1. The van der Waals surface area contributed by atoms with Crippen LogP contribution in [0.25, 0.3) is 10.2 Å². The second-order valence-electron chi connectivity index (χ2n) is 4.55. The van der Waals surface area contributed by atoms with Crippen LogP contribution in [-0.4, -0.2) is 35.6 Å². The van der Waals surface area contributed by atoms with Crippen molar-refractivity contribution in [3.8, 4) is 0 Å². The number of aryl methyl sites for hydroxylation is 1. The van der Waals surface area contributed by atoms with E-state index >= 15 is 0 Å². The number of hydrogen-bond acceptors (Lipinski definition) is 7. The van der Waals surface area contributed by atoms with E-state index in [1.807, 2.05) is 0 Å². The molecule has 0 aliphatic heterocycles. The molecule has 0 saturated heterocycles. The summed E-state index contributed by atoms with van der Waals surface area (Å²) in [6.45, 7) is 6.02. The smallest absolute Gasteiger partial charge is 0.328 e. The van der Waals surface area contributed by atoms with Crippen LogP contribution in [0.3, 0.4) is 0 Å². The summed E-state index contributed by atoms with van der Waals surface area (Å²) < 4.78 is 5.01. The summed E-state index contributed by atoms with van der Waals surface area (Å²) in [7, 11) is 1.77. The topological polar surface area (TPSA) is 76.1 Å². The molecular weight excluding hydrogens is 288 g/mol. The molecule has 0 aromatic carbocycles. The van der Waals surface area contributed by atoms with E-state index in [2.05, 4.69) is 33.6 Å². The maximum Gasteiger partial charge on any atom is 0.328 e. The molecule has 0 fully saturated rings. The van der Waals surface area contributed by atoms with Gasteiger partial charge in [0.15, 0.2) is 0 Å². The van der Waals surface area contributed by atoms with Crippen molar-refractivity contribution >= 4 is 39.3 Å². The summed E-state index contributed by atoms with van der Waals surface area (Å²) in [4.78, 5) is 22.8. The quantitative estimate of drug-likeness (QED) is 0.799. The molecule has 2 aromatic heterocycles. The summed E-state index contributed by atoms with van der Waals surface area (Å²) in [5.74, 6) is 0.896. The lowest BCUT2D eigenvalue weighted by atomic mass is 10.3. The highest BCUT2D eigenvalue weighted by Gasteiger charge is 2.17. The predicted octanol–water partition coefficient (Wildman–Crippen LogP) is 2.66. The minimum Gasteiger partial charge on any atom is -0.464 e. The van der Waals surface area contributed by atoms with E-state index in [9.17, 15) is 4.79 Å². The third-order valence-corrected chi connectivity index (χ3v) is 4.18. The van der Waals surface area contributed by atoms with Gasteiger partial charge < -0.3 is 15.4 Å². The molecule has 0 bridgehead atoms. The van der Waals surface area contributed by atoms with Gasteiger partial charge in [0.1, 0.15) is 16.7 Å². The standard InChI is InChI=1S/C14H20N4O2S/c1-5-9-7-10-11(16-8(3)13(19)20-6-2)17-14(15-4)18-12(10)21-9/h7-8H,5-6H2,1-4H3,(H2,15,16,17,18). The van der Waals surface area contributed by atoms with Gasteiger partial charge in [-0.25, -0.2) is 9.78 Å². The first-order valence-corrected chi connectivity index (χ1v) is 7.82. The van der Waals surface area contributed by atoms with E-state index in [1.165, 1.54) is 4.88 Å². The van der Waals surface area contributed by atoms with Crippen molar-refractivity contribution in [2.45, 2.75) is 33.2 Å². The van der Waals surface area contributed by atoms with Gasteiger partial charge >= 0.3 is 5.97 Å². The molecule has 0 spiro atoms. The Morgan fingerprint density at radius 2 is 2.19 bits per heavy atom. The predicted molar refractivity (Wildman–Crippen MR) is 86.1 cm³/mol. The van der Waals surface area contributed by atoms with E-state index < -0.39 is 6.04 Å². The van der Waals surface area contributed by atoms with Crippen LogP contribution in [0.5, 0.6) is 0 Å². The molecule has 0 amide bonds. The number of anilines is 2. The third-order valence-electron chi connectivity index (χ3n) is 3.01. The monoisotopic (exact) mass is 308 g/mol. The number of hydrogen-bond donors (Lipinski definition) is 2. The number of esters is 1. The van der Waals surface area contributed by atoms with Gasteiger partial charge in [0.25, 0.3) is 0 Å². The number of carbonyl (C=O) groups is 1. The molecule has 1 atom stereocenters. The lowest BCUT2D eigenvalue weighted by Gasteiger charge is -2.14. The molecule has 0 aliphatic rings. The number of rotatable bonds is 6. The van der Waals surface area contributed by atoms with Crippen molar-refractivity contribution in [3.05, 3.63) is 10.9 Å². The molecule has 21 heavy (non-hydrogen) atoms.